The number of aromatic hydroxyl groups is 1. The Kier molecular flexibility index (Phi) is 5.90. The normalized spacial score (nSPS) is 16.8. The zero-order valence-corrected chi connectivity index (χ0v) is 16.7. The highest BCUT2D eigenvalue weighted by molar-refractivity contribution is 8.18. The molecule has 0 spiro atoms. The molecule has 1 aliphatic rings. The molecule has 144 valence electrons. The van der Waals surface area contributed by atoms with E-state index in [1.165, 1.54) is 11.8 Å². The second kappa shape index (κ2) is 8.35. The van der Waals surface area contributed by atoms with Gasteiger partial charge in [0.15, 0.2) is 0 Å². The fourth-order valence-corrected chi connectivity index (χ4v) is 3.76. The Bertz CT molecular complexity index is 1020. The molecule has 2 aromatic rings. The molecule has 0 aromatic heterocycles. The number of phenolic OH excluding ortho intramolecular Hbond substituents is 1. The Hall–Kier alpha value is -2.99. The van der Waals surface area contributed by atoms with Crippen molar-refractivity contribution in [2.24, 2.45) is 4.99 Å². The van der Waals surface area contributed by atoms with Gasteiger partial charge in [0.1, 0.15) is 22.1 Å². The van der Waals surface area contributed by atoms with Gasteiger partial charge in [0, 0.05) is 5.56 Å². The fraction of sp³-hybridized carbons (Fsp3) is 0.182. The largest absolute Gasteiger partial charge is 0.507 e. The third-order valence-corrected chi connectivity index (χ3v) is 5.09. The van der Waals surface area contributed by atoms with Crippen LogP contribution in [0.3, 0.4) is 0 Å². The van der Waals surface area contributed by atoms with Gasteiger partial charge in [-0.15, -0.1) is 0 Å². The molecule has 1 heterocycles. The van der Waals surface area contributed by atoms with E-state index < -0.39 is 5.97 Å². The molecule has 0 bridgehead atoms. The van der Waals surface area contributed by atoms with Gasteiger partial charge in [-0.1, -0.05) is 35.5 Å². The highest BCUT2D eigenvalue weighted by Gasteiger charge is 2.33. The Morgan fingerprint density at radius 1 is 1.14 bits per heavy atom. The van der Waals surface area contributed by atoms with Crippen LogP contribution in [-0.2, 0) is 9.53 Å². The molecule has 28 heavy (non-hydrogen) atoms. The zero-order chi connectivity index (χ0) is 20.3. The van der Waals surface area contributed by atoms with E-state index in [1.807, 2.05) is 38.1 Å². The van der Waals surface area contributed by atoms with Crippen LogP contribution in [0, 0.1) is 13.8 Å². The molecule has 0 saturated carbocycles. The third kappa shape index (κ3) is 4.28. The number of phenols is 1. The summed E-state index contributed by atoms with van der Waals surface area (Å²) in [5, 5.41) is 21.2. The Labute approximate surface area is 168 Å². The van der Waals surface area contributed by atoms with Crippen molar-refractivity contribution in [2.45, 2.75) is 20.8 Å². The van der Waals surface area contributed by atoms with Crippen molar-refractivity contribution >= 4 is 34.5 Å². The number of hydrogen-bond donors (Lipinski definition) is 2. The summed E-state index contributed by atoms with van der Waals surface area (Å²) in [6.07, 6.45) is 1.64. The van der Waals surface area contributed by atoms with Crippen molar-refractivity contribution in [1.29, 1.82) is 0 Å². The van der Waals surface area contributed by atoms with Crippen LogP contribution in [0.2, 0.25) is 0 Å². The third-order valence-electron chi connectivity index (χ3n) is 4.07. The molecule has 2 aromatic carbocycles. The molecule has 0 atom stereocenters. The second-order valence-corrected chi connectivity index (χ2v) is 7.40. The van der Waals surface area contributed by atoms with E-state index in [4.69, 9.17) is 4.74 Å². The molecule has 3 rings (SSSR count). The lowest BCUT2D eigenvalue weighted by Gasteiger charge is -2.04. The number of nitrogens with zero attached hydrogens (tertiary/aromatic N) is 1. The van der Waals surface area contributed by atoms with Gasteiger partial charge in [-0.3, -0.25) is 0 Å². The standard InChI is InChI=1S/C22H21NO4S/c1-4-27-22(26)19-20(25)18(12-15-10-14(3)8-9-17(15)24)28-21(19)23-16-7-5-6-13(2)11-16/h5-12,24-25H,4H2,1-3H3. The predicted octanol–water partition coefficient (Wildman–Crippen LogP) is 5.20. The molecule has 1 aliphatic heterocycles. The second-order valence-electron chi connectivity index (χ2n) is 6.37. The number of carbonyl (C=O) groups is 1. The number of aliphatic imine (C=N–C) groups is 1. The van der Waals surface area contributed by atoms with Gasteiger partial charge in [-0.25, -0.2) is 9.79 Å². The topological polar surface area (TPSA) is 79.1 Å². The lowest BCUT2D eigenvalue weighted by atomic mass is 10.1. The molecule has 2 N–H and O–H groups in total. The zero-order valence-electron chi connectivity index (χ0n) is 15.9. The van der Waals surface area contributed by atoms with E-state index in [9.17, 15) is 15.0 Å². The first kappa shape index (κ1) is 19.8. The maximum Gasteiger partial charge on any atom is 0.344 e. The van der Waals surface area contributed by atoms with Crippen molar-refractivity contribution in [3.05, 3.63) is 75.4 Å². The van der Waals surface area contributed by atoms with Gasteiger partial charge in [0.05, 0.1) is 17.2 Å². The molecular formula is C22H21NO4S. The Balaban J connectivity index is 2.08. The summed E-state index contributed by atoms with van der Waals surface area (Å²) >= 11 is 1.17. The first-order valence-corrected chi connectivity index (χ1v) is 9.66. The number of carbonyl (C=O) groups excluding carboxylic acids is 1. The fourth-order valence-electron chi connectivity index (χ4n) is 2.74. The SMILES string of the molecule is CCOC(=O)C1=C(O)C(=Cc2cc(C)ccc2O)SC1=Nc1cccc(C)c1. The average Bonchev–Trinajstić information content (AvgIpc) is 2.93. The number of esters is 1. The maximum absolute atomic E-state index is 12.4. The lowest BCUT2D eigenvalue weighted by molar-refractivity contribution is -0.138. The van der Waals surface area contributed by atoms with Gasteiger partial charge >= 0.3 is 5.97 Å². The smallest absolute Gasteiger partial charge is 0.344 e. The van der Waals surface area contributed by atoms with Crippen molar-refractivity contribution in [2.75, 3.05) is 6.61 Å². The van der Waals surface area contributed by atoms with E-state index >= 15 is 0 Å². The molecule has 0 amide bonds. The molecular weight excluding hydrogens is 374 g/mol. The Morgan fingerprint density at radius 3 is 2.61 bits per heavy atom. The van der Waals surface area contributed by atoms with Crippen molar-refractivity contribution in [3.63, 3.8) is 0 Å². The van der Waals surface area contributed by atoms with E-state index in [2.05, 4.69) is 4.99 Å². The van der Waals surface area contributed by atoms with Crippen LogP contribution in [0.15, 0.2) is 63.7 Å². The first-order valence-electron chi connectivity index (χ1n) is 8.84. The number of benzene rings is 2. The molecule has 0 radical (unpaired) electrons. The van der Waals surface area contributed by atoms with E-state index in [0.29, 0.717) is 21.2 Å². The molecule has 0 fully saturated rings. The minimum absolute atomic E-state index is 0.0340. The van der Waals surface area contributed by atoms with Gasteiger partial charge in [-0.2, -0.15) is 0 Å². The van der Waals surface area contributed by atoms with Crippen LogP contribution in [0.25, 0.3) is 6.08 Å². The van der Waals surface area contributed by atoms with Crippen LogP contribution >= 0.6 is 11.8 Å². The monoisotopic (exact) mass is 395 g/mol. The number of rotatable bonds is 4. The van der Waals surface area contributed by atoms with Gasteiger partial charge < -0.3 is 14.9 Å². The van der Waals surface area contributed by atoms with Gasteiger partial charge in [0.25, 0.3) is 0 Å². The first-order chi connectivity index (χ1) is 13.4. The highest BCUT2D eigenvalue weighted by Crippen LogP contribution is 2.41. The predicted molar refractivity (Wildman–Crippen MR) is 113 cm³/mol. The van der Waals surface area contributed by atoms with Crippen LogP contribution in [0.4, 0.5) is 5.69 Å². The van der Waals surface area contributed by atoms with Gasteiger partial charge in [-0.05, 0) is 56.7 Å². The van der Waals surface area contributed by atoms with E-state index in [-0.39, 0.29) is 23.7 Å². The lowest BCUT2D eigenvalue weighted by Crippen LogP contribution is -2.12. The summed E-state index contributed by atoms with van der Waals surface area (Å²) in [6.45, 7) is 5.76. The molecule has 0 saturated heterocycles. The minimum atomic E-state index is -0.629. The molecule has 6 heteroatoms. The summed E-state index contributed by atoms with van der Waals surface area (Å²) in [5.74, 6) is -0.736. The maximum atomic E-state index is 12.4. The Morgan fingerprint density at radius 2 is 1.89 bits per heavy atom. The number of aliphatic hydroxyl groups is 1. The summed E-state index contributed by atoms with van der Waals surface area (Å²) in [5.41, 5.74) is 3.27. The quantitative estimate of drug-likeness (QED) is 0.696. The average molecular weight is 395 g/mol. The molecule has 0 unspecified atom stereocenters. The number of hydrogen-bond acceptors (Lipinski definition) is 6. The van der Waals surface area contributed by atoms with Crippen LogP contribution in [0.5, 0.6) is 5.75 Å². The van der Waals surface area contributed by atoms with Crippen LogP contribution < -0.4 is 0 Å². The van der Waals surface area contributed by atoms with Crippen LogP contribution in [-0.4, -0.2) is 27.8 Å². The van der Waals surface area contributed by atoms with Crippen molar-refractivity contribution in [3.8, 4) is 5.75 Å². The highest BCUT2D eigenvalue weighted by atomic mass is 32.2. The van der Waals surface area contributed by atoms with Crippen molar-refractivity contribution in [1.82, 2.24) is 0 Å². The summed E-state index contributed by atoms with van der Waals surface area (Å²) in [7, 11) is 0. The summed E-state index contributed by atoms with van der Waals surface area (Å²) in [6, 6.07) is 12.7. The number of aliphatic hydroxyl groups excluding tert-OH is 1. The minimum Gasteiger partial charge on any atom is -0.507 e. The summed E-state index contributed by atoms with van der Waals surface area (Å²) in [4.78, 5) is 17.4. The van der Waals surface area contributed by atoms with Crippen LogP contribution in [0.1, 0.15) is 23.6 Å². The number of aryl methyl sites for hydroxylation is 2. The molecule has 0 aliphatic carbocycles. The number of ether oxygens (including phenoxy) is 1. The van der Waals surface area contributed by atoms with Crippen molar-refractivity contribution < 1.29 is 19.7 Å². The molecule has 5 nitrogen and oxygen atoms in total. The number of thioether (sulfide) groups is 1. The van der Waals surface area contributed by atoms with E-state index in [0.717, 1.165) is 11.1 Å². The van der Waals surface area contributed by atoms with E-state index in [1.54, 1.807) is 31.2 Å². The van der Waals surface area contributed by atoms with Gasteiger partial charge in [0.2, 0.25) is 0 Å². The summed E-state index contributed by atoms with van der Waals surface area (Å²) < 4.78 is 5.10.